The molecule has 0 bridgehead atoms. The molecule has 2 aliphatic heterocycles. The van der Waals surface area contributed by atoms with Crippen molar-refractivity contribution in [1.82, 2.24) is 82.9 Å². The third-order valence-corrected chi connectivity index (χ3v) is 19.2. The van der Waals surface area contributed by atoms with E-state index in [1.807, 2.05) is 0 Å². The summed E-state index contributed by atoms with van der Waals surface area (Å²) in [4.78, 5) is 202. The van der Waals surface area contributed by atoms with Gasteiger partial charge < -0.3 is 116 Å². The first kappa shape index (κ1) is 95.2. The number of benzene rings is 2. The maximum atomic E-state index is 14.1. The first-order valence-corrected chi connectivity index (χ1v) is 38.2. The second-order valence-electron chi connectivity index (χ2n) is 29.3. The zero-order chi connectivity index (χ0) is 82.7. The van der Waals surface area contributed by atoms with Crippen LogP contribution >= 0.6 is 0 Å². The van der Waals surface area contributed by atoms with Gasteiger partial charge in [0.2, 0.25) is 70.9 Å². The van der Waals surface area contributed by atoms with E-state index in [9.17, 15) is 77.3 Å². The van der Waals surface area contributed by atoms with Crippen molar-refractivity contribution in [1.29, 1.82) is 0 Å². The minimum atomic E-state index is -1.46. The predicted molar refractivity (Wildman–Crippen MR) is 407 cm³/mol. The van der Waals surface area contributed by atoms with Gasteiger partial charge in [-0.05, 0) is 112 Å². The van der Waals surface area contributed by atoms with Crippen molar-refractivity contribution in [2.75, 3.05) is 39.3 Å². The molecule has 625 valence electrons. The maximum Gasteiger partial charge on any atom is 2.00 e. The van der Waals surface area contributed by atoms with E-state index in [0.29, 0.717) is 87.0 Å². The molecule has 1 radical (unpaired) electrons. The molecular weight excluding hydrogens is 1510 g/mol. The van der Waals surface area contributed by atoms with Gasteiger partial charge in [-0.3, -0.25) is 57.5 Å². The molecule has 0 saturated carbocycles. The third-order valence-electron chi connectivity index (χ3n) is 19.2. The first-order chi connectivity index (χ1) is 53.3. The number of H-pyrrole nitrogens is 2. The van der Waals surface area contributed by atoms with Gasteiger partial charge in [-0.1, -0.05) is 116 Å². The molecule has 2 saturated heterocycles. The van der Waals surface area contributed by atoms with Crippen LogP contribution in [0.2, 0.25) is 0 Å². The Morgan fingerprint density at radius 1 is 0.416 bits per heavy atom. The largest absolute Gasteiger partial charge is 2.00 e. The number of aliphatic carboxylic acids is 2. The first-order valence-electron chi connectivity index (χ1n) is 38.2. The van der Waals surface area contributed by atoms with Gasteiger partial charge in [0.15, 0.2) is 0 Å². The van der Waals surface area contributed by atoms with Gasteiger partial charge in [-0.2, -0.15) is 0 Å². The van der Waals surface area contributed by atoms with Crippen LogP contribution in [0.5, 0.6) is 0 Å². The normalized spacial score (nSPS) is 16.5. The van der Waals surface area contributed by atoms with E-state index < -0.39 is 179 Å². The minimum Gasteiger partial charge on any atom is -0.548 e. The number of hydrogen-bond donors (Lipinski definition) is 16. The zero-order valence-electron chi connectivity index (χ0n) is 65.4. The Balaban J connectivity index is 0.000000472. The number of hydrogen-bond acceptors (Lipinski definition) is 22. The van der Waals surface area contributed by atoms with Crippen molar-refractivity contribution in [3.05, 3.63) is 108 Å². The average Bonchev–Trinajstić information content (AvgIpc) is 1.73. The molecule has 0 aliphatic carbocycles. The summed E-state index contributed by atoms with van der Waals surface area (Å²) < 4.78 is 0. The number of rotatable bonds is 44. The number of amides is 12. The summed E-state index contributed by atoms with van der Waals surface area (Å²) in [6.45, 7) is 13.8. The molecule has 2 aromatic heterocycles. The summed E-state index contributed by atoms with van der Waals surface area (Å²) in [7, 11) is 0. The molecular formula is C76H114CuN20O16. The number of nitrogens with zero attached hydrogens (tertiary/aromatic N) is 4. The second-order valence-corrected chi connectivity index (χ2v) is 29.3. The van der Waals surface area contributed by atoms with Crippen molar-refractivity contribution < 1.29 is 94.4 Å². The molecule has 12 amide bonds. The Bertz CT molecular complexity index is 3490. The number of imidazole rings is 2. The van der Waals surface area contributed by atoms with E-state index in [1.54, 1.807) is 116 Å². The molecule has 0 spiro atoms. The van der Waals surface area contributed by atoms with Gasteiger partial charge in [0.25, 0.3) is 0 Å². The number of carboxylic acids is 2. The van der Waals surface area contributed by atoms with Crippen LogP contribution in [0, 0.1) is 23.7 Å². The molecule has 36 nitrogen and oxygen atoms in total. The van der Waals surface area contributed by atoms with Crippen LogP contribution in [0.25, 0.3) is 0 Å². The Morgan fingerprint density at radius 2 is 0.735 bits per heavy atom. The molecule has 37 heteroatoms. The summed E-state index contributed by atoms with van der Waals surface area (Å²) in [6.07, 6.45) is 10.2. The fraction of sp³-hybridized carbons (Fsp3) is 0.579. The van der Waals surface area contributed by atoms with Crippen LogP contribution < -0.4 is 86.3 Å². The quantitative estimate of drug-likeness (QED) is 0.0147. The van der Waals surface area contributed by atoms with Crippen LogP contribution in [0.3, 0.4) is 0 Å². The summed E-state index contributed by atoms with van der Waals surface area (Å²) in [5.41, 5.74) is 24.9. The zero-order valence-corrected chi connectivity index (χ0v) is 66.3. The van der Waals surface area contributed by atoms with E-state index in [1.165, 1.54) is 34.8 Å². The summed E-state index contributed by atoms with van der Waals surface area (Å²) in [5.74, 6) is -12.2. The topological polar surface area (TPSA) is 573 Å². The molecule has 2 aromatic carbocycles. The van der Waals surface area contributed by atoms with Gasteiger partial charge >= 0.3 is 17.1 Å². The van der Waals surface area contributed by atoms with Gasteiger partial charge in [0.1, 0.15) is 60.4 Å². The second kappa shape index (κ2) is 48.7. The summed E-state index contributed by atoms with van der Waals surface area (Å²) in [6, 6.07) is 4.22. The number of likely N-dealkylation sites (tertiary alicyclic amines) is 2. The number of aromatic nitrogens is 4. The van der Waals surface area contributed by atoms with Gasteiger partial charge in [0.05, 0.1) is 49.8 Å². The van der Waals surface area contributed by atoms with Gasteiger partial charge in [0, 0.05) is 62.6 Å². The minimum absolute atomic E-state index is 0. The van der Waals surface area contributed by atoms with E-state index in [-0.39, 0.29) is 81.8 Å². The van der Waals surface area contributed by atoms with Crippen LogP contribution in [0.15, 0.2) is 85.7 Å². The van der Waals surface area contributed by atoms with Crippen LogP contribution in [-0.2, 0) is 110 Å². The van der Waals surface area contributed by atoms with Crippen molar-refractivity contribution in [2.24, 2.45) is 46.6 Å². The van der Waals surface area contributed by atoms with E-state index in [0.717, 1.165) is 0 Å². The Kier molecular flexibility index (Phi) is 41.0. The number of carbonyl (C=O) groups excluding carboxylic acids is 14. The maximum absolute atomic E-state index is 14.1. The number of carbonyl (C=O) groups is 14. The number of unbranched alkanes of at least 4 members (excludes halogenated alkanes) is 2. The summed E-state index contributed by atoms with van der Waals surface area (Å²) in [5, 5.41) is 50.2. The SMILES string of the molecule is CC(C)[C@H](NC(=O)[C@H](Cc1ccccc1)NC(=O)[C@@H](NC(=O)[C@@H]1CCCN1C(=O)[C@H](CCCCN)NC(=O)[C@H](Cc1cnc[nH]1)NC(=O)CN)C(C)C)C(=O)[O-].CC(C)[C@H](NC(=O)[C@H](Cc1ccccc1)NC(=O)[C@@H](NC(=O)[C@@H]1CCCN1C(=O)[C@H](CCCCN)NC(=O)[C@H](Cc1cnc[nH]1)NC(=O)CN)C(C)C)C(=O)[O-].[Cu+2]. The Hall–Kier alpha value is -10.2. The van der Waals surface area contributed by atoms with Crippen molar-refractivity contribution in [3.63, 3.8) is 0 Å². The molecule has 113 heavy (non-hydrogen) atoms. The molecule has 20 N–H and O–H groups in total. The van der Waals surface area contributed by atoms with E-state index in [2.05, 4.69) is 73.1 Å². The van der Waals surface area contributed by atoms with Crippen LogP contribution in [0.4, 0.5) is 0 Å². The molecule has 12 atom stereocenters. The molecule has 2 fully saturated rings. The molecule has 4 heterocycles. The predicted octanol–water partition coefficient (Wildman–Crippen LogP) is -4.48. The van der Waals surface area contributed by atoms with Crippen LogP contribution in [0.1, 0.15) is 142 Å². The molecule has 4 aromatic rings. The van der Waals surface area contributed by atoms with E-state index in [4.69, 9.17) is 22.9 Å². The standard InChI is InChI=1S/2C38H58N10O8.Cu/c2*1-22(2)31(36(53)45-27(17-24-11-6-5-7-12-24)34(51)47-32(23(3)4)38(55)56)46-35(52)29-14-10-16-48(29)37(54)26(13-8-9-15-39)44-33(50)28(43-30(49)19-40)18-25-20-41-21-42-25;/h2*5-7,11-12,20-23,26-29,31-32H,8-10,13-19,39-40H2,1-4H3,(H,41,42)(H,43,49)(H,44,50)(H,45,53)(H,46,52)(H,47,51)(H,55,56);/q;;+2/p-2/t2*26-,27-,28-,29-,31-,32-;/m00./s1. The Morgan fingerprint density at radius 3 is 1.03 bits per heavy atom. The smallest absolute Gasteiger partial charge is 0.548 e. The molecule has 0 unspecified atom stereocenters. The summed E-state index contributed by atoms with van der Waals surface area (Å²) >= 11 is 0. The number of nitrogens with two attached hydrogens (primary N) is 4. The van der Waals surface area contributed by atoms with Crippen molar-refractivity contribution >= 4 is 82.8 Å². The Labute approximate surface area is 668 Å². The van der Waals surface area contributed by atoms with Crippen molar-refractivity contribution in [2.45, 2.75) is 218 Å². The third kappa shape index (κ3) is 30.7. The van der Waals surface area contributed by atoms with Gasteiger partial charge in [-0.25, -0.2) is 9.97 Å². The number of carboxylic acid groups (broad SMARTS) is 2. The fourth-order valence-corrected chi connectivity index (χ4v) is 12.9. The number of nitrogens with one attached hydrogen (secondary N) is 12. The van der Waals surface area contributed by atoms with E-state index >= 15 is 0 Å². The van der Waals surface area contributed by atoms with Crippen LogP contribution in [-0.4, -0.2) is 224 Å². The van der Waals surface area contributed by atoms with Gasteiger partial charge in [-0.15, -0.1) is 0 Å². The monoisotopic (exact) mass is 1630 g/mol. The molecule has 2 aliphatic rings. The molecule has 6 rings (SSSR count). The van der Waals surface area contributed by atoms with Crippen molar-refractivity contribution in [3.8, 4) is 0 Å². The number of aromatic amines is 2. The fourth-order valence-electron chi connectivity index (χ4n) is 12.9. The average molecular weight is 1630 g/mol.